The molecular weight excluding hydrogens is 275 g/mol. The summed E-state index contributed by atoms with van der Waals surface area (Å²) in [6.45, 7) is 3.38. The summed E-state index contributed by atoms with van der Waals surface area (Å²) in [6.07, 6.45) is 2.54. The zero-order valence-electron chi connectivity index (χ0n) is 9.64. The molecule has 5 heteroatoms. The minimum absolute atomic E-state index is 0. The van der Waals surface area contributed by atoms with Gasteiger partial charge in [0.1, 0.15) is 0 Å². The molecule has 1 aliphatic heterocycles. The molecule has 1 aromatic heterocycles. The lowest BCUT2D eigenvalue weighted by molar-refractivity contribution is 0.298. The van der Waals surface area contributed by atoms with Crippen molar-refractivity contribution in [3.8, 4) is 0 Å². The first kappa shape index (κ1) is 13.6. The Balaban J connectivity index is 0.00000108. The summed E-state index contributed by atoms with van der Waals surface area (Å²) in [5.41, 5.74) is 7.41. The second-order valence-corrected chi connectivity index (χ2v) is 6.60. The van der Waals surface area contributed by atoms with E-state index in [0.29, 0.717) is 6.04 Å². The summed E-state index contributed by atoms with van der Waals surface area (Å²) in [7, 11) is 0. The highest BCUT2D eigenvalue weighted by Crippen LogP contribution is 2.38. The van der Waals surface area contributed by atoms with Crippen LogP contribution >= 0.6 is 35.3 Å². The lowest BCUT2D eigenvalue weighted by Gasteiger charge is -2.17. The van der Waals surface area contributed by atoms with Gasteiger partial charge in [0.15, 0.2) is 0 Å². The van der Waals surface area contributed by atoms with Gasteiger partial charge in [-0.2, -0.15) is 0 Å². The minimum atomic E-state index is 0. The van der Waals surface area contributed by atoms with Crippen LogP contribution in [0, 0.1) is 11.8 Å². The molecule has 2 aliphatic rings. The van der Waals surface area contributed by atoms with Gasteiger partial charge in [0.25, 0.3) is 0 Å². The van der Waals surface area contributed by atoms with E-state index >= 15 is 0 Å². The molecule has 0 radical (unpaired) electrons. The predicted octanol–water partition coefficient (Wildman–Crippen LogP) is 2.99. The number of hydrogen-bond donors (Lipinski definition) is 1. The average molecular weight is 293 g/mol. The van der Waals surface area contributed by atoms with Crippen LogP contribution in [0.3, 0.4) is 0 Å². The van der Waals surface area contributed by atoms with E-state index in [2.05, 4.69) is 16.3 Å². The van der Waals surface area contributed by atoms with Crippen molar-refractivity contribution in [2.24, 2.45) is 17.6 Å². The van der Waals surface area contributed by atoms with Crippen molar-refractivity contribution in [1.82, 2.24) is 4.90 Å². The highest BCUT2D eigenvalue weighted by atomic mass is 35.5. The molecule has 2 nitrogen and oxygen atoms in total. The molecule has 1 aromatic rings. The van der Waals surface area contributed by atoms with E-state index in [-0.39, 0.29) is 12.4 Å². The van der Waals surface area contributed by atoms with Gasteiger partial charge in [-0.05, 0) is 41.7 Å². The highest BCUT2D eigenvalue weighted by Gasteiger charge is 2.40. The first-order chi connectivity index (χ1) is 7.74. The van der Waals surface area contributed by atoms with Gasteiger partial charge >= 0.3 is 0 Å². The normalized spacial score (nSPS) is 32.5. The van der Waals surface area contributed by atoms with Gasteiger partial charge in [0.05, 0.1) is 4.34 Å². The van der Waals surface area contributed by atoms with Gasteiger partial charge in [-0.15, -0.1) is 23.7 Å². The number of halogens is 2. The molecule has 2 heterocycles. The Bertz CT molecular complexity index is 382. The van der Waals surface area contributed by atoms with Crippen LogP contribution in [0.5, 0.6) is 0 Å². The maximum atomic E-state index is 6.13. The second kappa shape index (κ2) is 5.45. The third kappa shape index (κ3) is 2.64. The van der Waals surface area contributed by atoms with Gasteiger partial charge in [0.2, 0.25) is 0 Å². The first-order valence-electron chi connectivity index (χ1n) is 5.94. The van der Waals surface area contributed by atoms with Crippen LogP contribution in [-0.2, 0) is 6.54 Å². The van der Waals surface area contributed by atoms with E-state index in [1.165, 1.54) is 24.9 Å². The quantitative estimate of drug-likeness (QED) is 0.908. The summed E-state index contributed by atoms with van der Waals surface area (Å²) in [5, 5.41) is 2.07. The largest absolute Gasteiger partial charge is 0.327 e. The van der Waals surface area contributed by atoms with Crippen molar-refractivity contribution in [3.05, 3.63) is 21.3 Å². The van der Waals surface area contributed by atoms with Crippen molar-refractivity contribution in [2.45, 2.75) is 25.4 Å². The summed E-state index contributed by atoms with van der Waals surface area (Å²) in [5.74, 6) is 1.57. The van der Waals surface area contributed by atoms with Gasteiger partial charge in [0, 0.05) is 25.7 Å². The standard InChI is InChI=1S/C12H17ClN2S.ClH/c13-12-9(3-4-16-12)6-15-5-8-1-2-11(14)10(8)7-15;/h3-4,8,10-11H,1-2,5-7,14H2;1H. The maximum absolute atomic E-state index is 6.13. The van der Waals surface area contributed by atoms with E-state index in [4.69, 9.17) is 17.3 Å². The third-order valence-electron chi connectivity index (χ3n) is 4.08. The molecule has 0 spiro atoms. The molecule has 17 heavy (non-hydrogen) atoms. The molecule has 3 atom stereocenters. The van der Waals surface area contributed by atoms with Crippen molar-refractivity contribution >= 4 is 35.3 Å². The smallest absolute Gasteiger partial charge is 0.0973 e. The van der Waals surface area contributed by atoms with Gasteiger partial charge < -0.3 is 5.73 Å². The Morgan fingerprint density at radius 2 is 2.24 bits per heavy atom. The van der Waals surface area contributed by atoms with E-state index in [1.54, 1.807) is 11.3 Å². The fourth-order valence-electron chi connectivity index (χ4n) is 3.20. The SMILES string of the molecule is Cl.NC1CCC2CN(Cc3ccsc3Cl)CC12. The Hall–Kier alpha value is 0.200. The molecule has 3 unspecified atom stereocenters. The van der Waals surface area contributed by atoms with Crippen LogP contribution in [0.4, 0.5) is 0 Å². The Morgan fingerprint density at radius 1 is 1.41 bits per heavy atom. The molecule has 3 rings (SSSR count). The summed E-state index contributed by atoms with van der Waals surface area (Å²) in [6, 6.07) is 2.58. The Kier molecular flexibility index (Phi) is 4.37. The maximum Gasteiger partial charge on any atom is 0.0973 e. The predicted molar refractivity (Wildman–Crippen MR) is 76.0 cm³/mol. The summed E-state index contributed by atoms with van der Waals surface area (Å²) < 4.78 is 0.946. The number of hydrogen-bond acceptors (Lipinski definition) is 3. The lowest BCUT2D eigenvalue weighted by Crippen LogP contribution is -2.30. The Labute approximate surface area is 118 Å². The molecule has 0 aromatic carbocycles. The molecule has 1 saturated carbocycles. The summed E-state index contributed by atoms with van der Waals surface area (Å²) in [4.78, 5) is 2.52. The van der Waals surface area contributed by atoms with Crippen LogP contribution in [0.2, 0.25) is 4.34 Å². The van der Waals surface area contributed by atoms with Crippen LogP contribution in [0.1, 0.15) is 18.4 Å². The summed E-state index contributed by atoms with van der Waals surface area (Å²) >= 11 is 7.76. The number of nitrogens with two attached hydrogens (primary N) is 1. The third-order valence-corrected chi connectivity index (χ3v) is 5.33. The van der Waals surface area contributed by atoms with Crippen LogP contribution in [0.15, 0.2) is 11.4 Å². The lowest BCUT2D eigenvalue weighted by atomic mass is 9.98. The van der Waals surface area contributed by atoms with Crippen molar-refractivity contribution < 1.29 is 0 Å². The van der Waals surface area contributed by atoms with Crippen molar-refractivity contribution in [1.29, 1.82) is 0 Å². The van der Waals surface area contributed by atoms with Gasteiger partial charge in [-0.25, -0.2) is 0 Å². The number of rotatable bonds is 2. The fraction of sp³-hybridized carbons (Fsp3) is 0.667. The van der Waals surface area contributed by atoms with E-state index in [0.717, 1.165) is 29.3 Å². The van der Waals surface area contributed by atoms with E-state index in [9.17, 15) is 0 Å². The number of nitrogens with zero attached hydrogens (tertiary/aromatic N) is 1. The molecule has 1 aliphatic carbocycles. The zero-order valence-corrected chi connectivity index (χ0v) is 12.0. The average Bonchev–Trinajstić information content (AvgIpc) is 2.90. The Morgan fingerprint density at radius 3 is 2.88 bits per heavy atom. The zero-order chi connectivity index (χ0) is 11.1. The van der Waals surface area contributed by atoms with Gasteiger partial charge in [-0.1, -0.05) is 11.6 Å². The van der Waals surface area contributed by atoms with Crippen LogP contribution < -0.4 is 5.73 Å². The van der Waals surface area contributed by atoms with Gasteiger partial charge in [-0.3, -0.25) is 4.90 Å². The number of thiophene rings is 1. The molecule has 2 fully saturated rings. The molecule has 0 amide bonds. The molecular formula is C12H18Cl2N2S. The number of fused-ring (bicyclic) bond motifs is 1. The fourth-order valence-corrected chi connectivity index (χ4v) is 4.11. The first-order valence-corrected chi connectivity index (χ1v) is 7.19. The molecule has 96 valence electrons. The minimum Gasteiger partial charge on any atom is -0.327 e. The van der Waals surface area contributed by atoms with Crippen molar-refractivity contribution in [2.75, 3.05) is 13.1 Å². The van der Waals surface area contributed by atoms with E-state index < -0.39 is 0 Å². The van der Waals surface area contributed by atoms with Crippen LogP contribution in [0.25, 0.3) is 0 Å². The monoisotopic (exact) mass is 292 g/mol. The van der Waals surface area contributed by atoms with Crippen LogP contribution in [-0.4, -0.2) is 24.0 Å². The number of likely N-dealkylation sites (tertiary alicyclic amines) is 1. The van der Waals surface area contributed by atoms with Crippen molar-refractivity contribution in [3.63, 3.8) is 0 Å². The molecule has 1 saturated heterocycles. The molecule has 2 N–H and O–H groups in total. The topological polar surface area (TPSA) is 29.3 Å². The highest BCUT2D eigenvalue weighted by molar-refractivity contribution is 7.14. The second-order valence-electron chi connectivity index (χ2n) is 5.08. The van der Waals surface area contributed by atoms with E-state index in [1.807, 2.05) is 0 Å². The molecule has 0 bridgehead atoms.